The third-order valence-electron chi connectivity index (χ3n) is 4.31. The minimum absolute atomic E-state index is 0.203. The number of aliphatic hydroxyl groups excluding tert-OH is 1. The molecule has 1 aromatic carbocycles. The second kappa shape index (κ2) is 7.62. The molecule has 4 heteroatoms. The first-order valence-electron chi connectivity index (χ1n) is 8.38. The number of hydrogen-bond acceptors (Lipinski definition) is 3. The molecule has 0 saturated heterocycles. The third-order valence-corrected chi connectivity index (χ3v) is 4.31. The van der Waals surface area contributed by atoms with Crippen LogP contribution in [0.2, 0.25) is 0 Å². The molecule has 4 nitrogen and oxygen atoms in total. The van der Waals surface area contributed by atoms with E-state index in [4.69, 9.17) is 0 Å². The van der Waals surface area contributed by atoms with Crippen LogP contribution in [0.1, 0.15) is 42.3 Å². The normalized spacial score (nSPS) is 12.5. The highest BCUT2D eigenvalue weighted by atomic mass is 16.3. The second-order valence-corrected chi connectivity index (χ2v) is 7.26. The van der Waals surface area contributed by atoms with E-state index >= 15 is 0 Å². The number of nitrogens with zero attached hydrogens (tertiary/aromatic N) is 1. The molecule has 0 bridgehead atoms. The average molecular weight is 338 g/mol. The minimum Gasteiger partial charge on any atom is -0.391 e. The van der Waals surface area contributed by atoms with Crippen molar-refractivity contribution in [2.45, 2.75) is 33.8 Å². The highest BCUT2D eigenvalue weighted by molar-refractivity contribution is 6.00. The number of rotatable bonds is 5. The number of nitrogens with one attached hydrogen (secondary N) is 1. The molecule has 2 rings (SSSR count). The van der Waals surface area contributed by atoms with Gasteiger partial charge in [0, 0.05) is 30.1 Å². The quantitative estimate of drug-likeness (QED) is 0.871. The molecule has 132 valence electrons. The van der Waals surface area contributed by atoms with Crippen LogP contribution in [0.15, 0.2) is 43.2 Å². The fourth-order valence-corrected chi connectivity index (χ4v) is 2.62. The van der Waals surface area contributed by atoms with E-state index in [9.17, 15) is 9.90 Å². The van der Waals surface area contributed by atoms with Crippen LogP contribution in [0.5, 0.6) is 0 Å². The van der Waals surface area contributed by atoms with E-state index in [2.05, 4.69) is 16.9 Å². The highest BCUT2D eigenvalue weighted by Crippen LogP contribution is 2.30. The molecule has 1 unspecified atom stereocenters. The van der Waals surface area contributed by atoms with Crippen LogP contribution >= 0.6 is 0 Å². The standard InChI is InChI=1S/C21H26N2O2/c1-6-16-17(20(25)23-13-18(24)21(3,4)5)10-9-14(2)19(16)15-8-7-11-22-12-15/h6-12,18,24H,1,13H2,2-5H3,(H,23,25). The Balaban J connectivity index is 2.36. The summed E-state index contributed by atoms with van der Waals surface area (Å²) in [7, 11) is 0. The second-order valence-electron chi connectivity index (χ2n) is 7.26. The van der Waals surface area contributed by atoms with E-state index < -0.39 is 6.10 Å². The number of carbonyl (C=O) groups is 1. The van der Waals surface area contributed by atoms with E-state index in [1.165, 1.54) is 0 Å². The maximum atomic E-state index is 12.7. The van der Waals surface area contributed by atoms with Gasteiger partial charge in [-0.1, -0.05) is 45.6 Å². The van der Waals surface area contributed by atoms with Gasteiger partial charge in [0.25, 0.3) is 5.91 Å². The van der Waals surface area contributed by atoms with Gasteiger partial charge in [-0.05, 0) is 41.2 Å². The Labute approximate surface area is 149 Å². The summed E-state index contributed by atoms with van der Waals surface area (Å²) >= 11 is 0. The Morgan fingerprint density at radius 3 is 2.64 bits per heavy atom. The summed E-state index contributed by atoms with van der Waals surface area (Å²) in [4.78, 5) is 16.8. The topological polar surface area (TPSA) is 62.2 Å². The molecule has 2 aromatic rings. The van der Waals surface area contributed by atoms with E-state index in [1.54, 1.807) is 24.5 Å². The average Bonchev–Trinajstić information content (AvgIpc) is 2.58. The Bertz CT molecular complexity index is 761. The lowest BCUT2D eigenvalue weighted by atomic mass is 9.89. The molecular weight excluding hydrogens is 312 g/mol. The van der Waals surface area contributed by atoms with Gasteiger partial charge in [-0.15, -0.1) is 0 Å². The third kappa shape index (κ3) is 4.34. The van der Waals surface area contributed by atoms with E-state index in [-0.39, 0.29) is 17.9 Å². The van der Waals surface area contributed by atoms with Crippen molar-refractivity contribution in [3.8, 4) is 11.1 Å². The Hall–Kier alpha value is -2.46. The van der Waals surface area contributed by atoms with Crippen molar-refractivity contribution in [3.63, 3.8) is 0 Å². The van der Waals surface area contributed by atoms with Crippen molar-refractivity contribution in [1.82, 2.24) is 10.3 Å². The van der Waals surface area contributed by atoms with Crippen molar-refractivity contribution >= 4 is 12.0 Å². The molecule has 0 spiro atoms. The van der Waals surface area contributed by atoms with E-state index in [1.807, 2.05) is 45.9 Å². The molecular formula is C21H26N2O2. The van der Waals surface area contributed by atoms with Crippen LogP contribution in [-0.4, -0.2) is 28.6 Å². The highest BCUT2D eigenvalue weighted by Gasteiger charge is 2.23. The maximum absolute atomic E-state index is 12.7. The summed E-state index contributed by atoms with van der Waals surface area (Å²) in [5.41, 5.74) is 3.97. The minimum atomic E-state index is -0.619. The molecule has 0 aliphatic carbocycles. The summed E-state index contributed by atoms with van der Waals surface area (Å²) in [6.07, 6.45) is 4.58. The van der Waals surface area contributed by atoms with Gasteiger partial charge in [0.15, 0.2) is 0 Å². The van der Waals surface area contributed by atoms with Crippen LogP contribution < -0.4 is 5.32 Å². The zero-order chi connectivity index (χ0) is 18.6. The van der Waals surface area contributed by atoms with Crippen LogP contribution in [0, 0.1) is 12.3 Å². The molecule has 1 atom stereocenters. The van der Waals surface area contributed by atoms with Gasteiger partial charge in [-0.2, -0.15) is 0 Å². The van der Waals surface area contributed by atoms with Crippen molar-refractivity contribution in [2.24, 2.45) is 5.41 Å². The van der Waals surface area contributed by atoms with Gasteiger partial charge in [-0.25, -0.2) is 0 Å². The number of aryl methyl sites for hydroxylation is 1. The summed E-state index contributed by atoms with van der Waals surface area (Å²) in [5, 5.41) is 13.0. The lowest BCUT2D eigenvalue weighted by Crippen LogP contribution is -2.39. The smallest absolute Gasteiger partial charge is 0.252 e. The molecule has 0 aliphatic heterocycles. The summed E-state index contributed by atoms with van der Waals surface area (Å²) in [6, 6.07) is 7.55. The Kier molecular flexibility index (Phi) is 5.75. The van der Waals surface area contributed by atoms with Crippen LogP contribution in [0.4, 0.5) is 0 Å². The van der Waals surface area contributed by atoms with Crippen molar-refractivity contribution in [1.29, 1.82) is 0 Å². The predicted octanol–water partition coefficient (Wildman–Crippen LogP) is 3.84. The molecule has 1 aromatic heterocycles. The molecule has 1 heterocycles. The summed E-state index contributed by atoms with van der Waals surface area (Å²) < 4.78 is 0. The lowest BCUT2D eigenvalue weighted by molar-refractivity contribution is 0.0587. The maximum Gasteiger partial charge on any atom is 0.252 e. The fraction of sp³-hybridized carbons (Fsp3) is 0.333. The van der Waals surface area contributed by atoms with Gasteiger partial charge in [0.1, 0.15) is 0 Å². The number of carbonyl (C=O) groups excluding carboxylic acids is 1. The van der Waals surface area contributed by atoms with Crippen LogP contribution in [0.3, 0.4) is 0 Å². The number of aliphatic hydroxyl groups is 1. The zero-order valence-corrected chi connectivity index (χ0v) is 15.3. The van der Waals surface area contributed by atoms with Crippen LogP contribution in [-0.2, 0) is 0 Å². The van der Waals surface area contributed by atoms with Crippen LogP contribution in [0.25, 0.3) is 17.2 Å². The van der Waals surface area contributed by atoms with E-state index in [0.29, 0.717) is 5.56 Å². The first-order chi connectivity index (χ1) is 11.8. The summed E-state index contributed by atoms with van der Waals surface area (Å²) in [6.45, 7) is 11.9. The van der Waals surface area contributed by atoms with Gasteiger partial charge in [0.2, 0.25) is 0 Å². The first kappa shape index (κ1) is 18.9. The molecule has 0 saturated carbocycles. The number of amides is 1. The molecule has 0 radical (unpaired) electrons. The number of benzene rings is 1. The fourth-order valence-electron chi connectivity index (χ4n) is 2.62. The van der Waals surface area contributed by atoms with Crippen molar-refractivity contribution in [3.05, 3.63) is 59.9 Å². The molecule has 25 heavy (non-hydrogen) atoms. The van der Waals surface area contributed by atoms with Gasteiger partial charge in [-0.3, -0.25) is 9.78 Å². The Morgan fingerprint density at radius 1 is 1.36 bits per heavy atom. The Morgan fingerprint density at radius 2 is 2.08 bits per heavy atom. The lowest BCUT2D eigenvalue weighted by Gasteiger charge is -2.26. The van der Waals surface area contributed by atoms with Gasteiger partial charge in [0.05, 0.1) is 6.10 Å². The zero-order valence-electron chi connectivity index (χ0n) is 15.3. The molecule has 0 aliphatic rings. The van der Waals surface area contributed by atoms with Crippen molar-refractivity contribution < 1.29 is 9.90 Å². The molecule has 2 N–H and O–H groups in total. The monoisotopic (exact) mass is 338 g/mol. The largest absolute Gasteiger partial charge is 0.391 e. The number of pyridine rings is 1. The molecule has 1 amide bonds. The number of hydrogen-bond donors (Lipinski definition) is 2. The van der Waals surface area contributed by atoms with Gasteiger partial charge >= 0.3 is 0 Å². The van der Waals surface area contributed by atoms with Gasteiger partial charge < -0.3 is 10.4 Å². The SMILES string of the molecule is C=Cc1c(C(=O)NCC(O)C(C)(C)C)ccc(C)c1-c1cccnc1. The first-order valence-corrected chi connectivity index (χ1v) is 8.38. The summed E-state index contributed by atoms with van der Waals surface area (Å²) in [5.74, 6) is -0.219. The molecule has 0 fully saturated rings. The van der Waals surface area contributed by atoms with E-state index in [0.717, 1.165) is 22.3 Å². The predicted molar refractivity (Wildman–Crippen MR) is 102 cm³/mol. The number of aromatic nitrogens is 1. The van der Waals surface area contributed by atoms with Crippen molar-refractivity contribution in [2.75, 3.05) is 6.54 Å².